The standard InChI is InChI=1S/C21H24O6/c1-26-19-5-3-2-4-14(19)8-13-6-7-17(21(24)25)18(9-13)20-11-15(23)10-16(12-22)27-20/h2-7,9,15-16,20,22-23H,8,10-12H2,1H3,(H,24,25)/t15-,16-,20+/m0/s1. The minimum Gasteiger partial charge on any atom is -0.496 e. The van der Waals surface area contributed by atoms with Gasteiger partial charge in [0.15, 0.2) is 0 Å². The number of aromatic carboxylic acids is 1. The summed E-state index contributed by atoms with van der Waals surface area (Å²) in [6.07, 6.45) is -0.492. The lowest BCUT2D eigenvalue weighted by atomic mass is 9.90. The van der Waals surface area contributed by atoms with E-state index < -0.39 is 24.3 Å². The Labute approximate surface area is 158 Å². The number of benzene rings is 2. The molecule has 0 unspecified atom stereocenters. The third-order valence-corrected chi connectivity index (χ3v) is 4.86. The Morgan fingerprint density at radius 1 is 1.22 bits per heavy atom. The molecule has 3 atom stereocenters. The predicted octanol–water partition coefficient (Wildman–Crippen LogP) is 2.56. The first-order chi connectivity index (χ1) is 13.0. The first-order valence-electron chi connectivity index (χ1n) is 8.94. The third kappa shape index (κ3) is 4.47. The number of carbonyl (C=O) groups is 1. The molecule has 0 saturated carbocycles. The van der Waals surface area contributed by atoms with Gasteiger partial charge in [0.05, 0.1) is 37.6 Å². The highest BCUT2D eigenvalue weighted by atomic mass is 16.5. The first-order valence-corrected chi connectivity index (χ1v) is 8.94. The molecule has 3 N–H and O–H groups in total. The van der Waals surface area contributed by atoms with Crippen LogP contribution in [0.4, 0.5) is 0 Å². The molecule has 2 aromatic carbocycles. The second kappa shape index (κ2) is 8.52. The second-order valence-corrected chi connectivity index (χ2v) is 6.77. The van der Waals surface area contributed by atoms with E-state index in [1.54, 1.807) is 19.2 Å². The van der Waals surface area contributed by atoms with Crippen LogP contribution in [0, 0.1) is 0 Å². The molecule has 6 nitrogen and oxygen atoms in total. The van der Waals surface area contributed by atoms with E-state index in [2.05, 4.69) is 0 Å². The number of aliphatic hydroxyl groups excluding tert-OH is 2. The Morgan fingerprint density at radius 2 is 2.00 bits per heavy atom. The van der Waals surface area contributed by atoms with Crippen molar-refractivity contribution in [3.63, 3.8) is 0 Å². The van der Waals surface area contributed by atoms with Gasteiger partial charge in [-0.05, 0) is 28.8 Å². The van der Waals surface area contributed by atoms with Crippen LogP contribution in [-0.2, 0) is 11.2 Å². The number of carboxylic acids is 1. The van der Waals surface area contributed by atoms with E-state index in [0.717, 1.165) is 16.9 Å². The number of para-hydroxylation sites is 1. The maximum atomic E-state index is 11.7. The van der Waals surface area contributed by atoms with Crippen LogP contribution < -0.4 is 4.74 Å². The van der Waals surface area contributed by atoms with Gasteiger partial charge in [-0.1, -0.05) is 30.3 Å². The van der Waals surface area contributed by atoms with Crippen molar-refractivity contribution in [2.45, 2.75) is 37.6 Å². The molecular weight excluding hydrogens is 348 g/mol. The van der Waals surface area contributed by atoms with Crippen LogP contribution in [0.1, 0.15) is 46.0 Å². The fourth-order valence-electron chi connectivity index (χ4n) is 3.56. The van der Waals surface area contributed by atoms with Crippen molar-refractivity contribution in [3.8, 4) is 5.75 Å². The molecule has 0 aromatic heterocycles. The minimum absolute atomic E-state index is 0.148. The summed E-state index contributed by atoms with van der Waals surface area (Å²) < 4.78 is 11.2. The van der Waals surface area contributed by atoms with Crippen LogP contribution >= 0.6 is 0 Å². The zero-order valence-electron chi connectivity index (χ0n) is 15.2. The number of hydrogen-bond donors (Lipinski definition) is 3. The summed E-state index contributed by atoms with van der Waals surface area (Å²) in [5.74, 6) is -0.274. The van der Waals surface area contributed by atoms with Gasteiger partial charge in [-0.2, -0.15) is 0 Å². The lowest BCUT2D eigenvalue weighted by molar-refractivity contribution is -0.114. The summed E-state index contributed by atoms with van der Waals surface area (Å²) >= 11 is 0. The van der Waals surface area contributed by atoms with E-state index in [1.165, 1.54) is 0 Å². The Morgan fingerprint density at radius 3 is 2.70 bits per heavy atom. The minimum atomic E-state index is -1.04. The second-order valence-electron chi connectivity index (χ2n) is 6.77. The number of carboxylic acid groups (broad SMARTS) is 1. The van der Waals surface area contributed by atoms with E-state index in [-0.39, 0.29) is 12.2 Å². The van der Waals surface area contributed by atoms with Crippen molar-refractivity contribution in [1.29, 1.82) is 0 Å². The highest BCUT2D eigenvalue weighted by Gasteiger charge is 2.31. The highest BCUT2D eigenvalue weighted by Crippen LogP contribution is 2.34. The molecule has 0 aliphatic carbocycles. The number of methoxy groups -OCH3 is 1. The molecule has 2 aromatic rings. The predicted molar refractivity (Wildman–Crippen MR) is 99.1 cm³/mol. The molecule has 1 aliphatic heterocycles. The Hall–Kier alpha value is -2.41. The normalized spacial score (nSPS) is 22.4. The molecule has 6 heteroatoms. The van der Waals surface area contributed by atoms with Crippen LogP contribution in [0.25, 0.3) is 0 Å². The van der Waals surface area contributed by atoms with Crippen LogP contribution in [0.3, 0.4) is 0 Å². The van der Waals surface area contributed by atoms with Gasteiger partial charge in [0, 0.05) is 19.3 Å². The lowest BCUT2D eigenvalue weighted by Gasteiger charge is -2.33. The third-order valence-electron chi connectivity index (χ3n) is 4.86. The zero-order valence-corrected chi connectivity index (χ0v) is 15.2. The Kier molecular flexibility index (Phi) is 6.11. The van der Waals surface area contributed by atoms with E-state index >= 15 is 0 Å². The number of rotatable bonds is 6. The molecule has 0 amide bonds. The summed E-state index contributed by atoms with van der Waals surface area (Å²) in [7, 11) is 1.62. The van der Waals surface area contributed by atoms with Crippen molar-refractivity contribution in [2.75, 3.05) is 13.7 Å². The molecule has 1 heterocycles. The largest absolute Gasteiger partial charge is 0.496 e. The molecule has 144 valence electrons. The molecule has 1 saturated heterocycles. The first kappa shape index (κ1) is 19.4. The van der Waals surface area contributed by atoms with Crippen molar-refractivity contribution < 1.29 is 29.6 Å². The van der Waals surface area contributed by atoms with E-state index in [0.29, 0.717) is 24.8 Å². The van der Waals surface area contributed by atoms with Crippen LogP contribution in [0.5, 0.6) is 5.75 Å². The SMILES string of the molecule is COc1ccccc1Cc1ccc(C(=O)O)c([C@H]2C[C@@H](O)C[C@@H](CO)O2)c1. The van der Waals surface area contributed by atoms with Crippen molar-refractivity contribution >= 4 is 5.97 Å². The molecule has 3 rings (SSSR count). The van der Waals surface area contributed by atoms with Gasteiger partial charge in [0.25, 0.3) is 0 Å². The van der Waals surface area contributed by atoms with Crippen LogP contribution in [0.15, 0.2) is 42.5 Å². The Bertz CT molecular complexity index is 803. The van der Waals surface area contributed by atoms with E-state index in [1.807, 2.05) is 30.3 Å². The number of ether oxygens (including phenoxy) is 2. The smallest absolute Gasteiger partial charge is 0.336 e. The summed E-state index contributed by atoms with van der Waals surface area (Å²) in [4.78, 5) is 11.7. The average Bonchev–Trinajstić information content (AvgIpc) is 2.67. The van der Waals surface area contributed by atoms with Gasteiger partial charge in [-0.15, -0.1) is 0 Å². The highest BCUT2D eigenvalue weighted by molar-refractivity contribution is 5.89. The van der Waals surface area contributed by atoms with Crippen molar-refractivity contribution in [3.05, 3.63) is 64.7 Å². The van der Waals surface area contributed by atoms with Crippen LogP contribution in [-0.4, -0.2) is 47.2 Å². The van der Waals surface area contributed by atoms with E-state index in [9.17, 15) is 20.1 Å². The summed E-state index contributed by atoms with van der Waals surface area (Å²) in [5, 5.41) is 29.0. The maximum Gasteiger partial charge on any atom is 0.336 e. The van der Waals surface area contributed by atoms with Gasteiger partial charge >= 0.3 is 5.97 Å². The van der Waals surface area contributed by atoms with Gasteiger partial charge in [0.1, 0.15) is 5.75 Å². The number of aliphatic hydroxyl groups is 2. The summed E-state index contributed by atoms with van der Waals surface area (Å²) in [6, 6.07) is 12.8. The number of hydrogen-bond acceptors (Lipinski definition) is 5. The van der Waals surface area contributed by atoms with Gasteiger partial charge in [0.2, 0.25) is 0 Å². The van der Waals surface area contributed by atoms with Crippen LogP contribution in [0.2, 0.25) is 0 Å². The average molecular weight is 372 g/mol. The molecule has 0 radical (unpaired) electrons. The molecule has 27 heavy (non-hydrogen) atoms. The summed E-state index contributed by atoms with van der Waals surface area (Å²) in [6.45, 7) is -0.211. The zero-order chi connectivity index (χ0) is 19.4. The summed E-state index contributed by atoms with van der Waals surface area (Å²) in [5.41, 5.74) is 2.58. The van der Waals surface area contributed by atoms with Crippen molar-refractivity contribution in [1.82, 2.24) is 0 Å². The molecular formula is C21H24O6. The lowest BCUT2D eigenvalue weighted by Crippen LogP contribution is -2.34. The van der Waals surface area contributed by atoms with Gasteiger partial charge in [-0.3, -0.25) is 0 Å². The molecule has 0 bridgehead atoms. The van der Waals surface area contributed by atoms with Gasteiger partial charge in [-0.25, -0.2) is 4.79 Å². The van der Waals surface area contributed by atoms with E-state index in [4.69, 9.17) is 9.47 Å². The molecule has 1 aliphatic rings. The van der Waals surface area contributed by atoms with Crippen molar-refractivity contribution in [2.24, 2.45) is 0 Å². The maximum absolute atomic E-state index is 11.7. The monoisotopic (exact) mass is 372 g/mol. The molecule has 0 spiro atoms. The topological polar surface area (TPSA) is 96.2 Å². The Balaban J connectivity index is 1.94. The fourth-order valence-corrected chi connectivity index (χ4v) is 3.56. The fraction of sp³-hybridized carbons (Fsp3) is 0.381. The molecule has 1 fully saturated rings. The van der Waals surface area contributed by atoms with Gasteiger partial charge < -0.3 is 24.8 Å². The quantitative estimate of drug-likeness (QED) is 0.721.